The van der Waals surface area contributed by atoms with E-state index in [0.29, 0.717) is 11.1 Å². The van der Waals surface area contributed by atoms with Crippen molar-refractivity contribution >= 4 is 23.0 Å². The average Bonchev–Trinajstić information content (AvgIpc) is 2.28. The van der Waals surface area contributed by atoms with Crippen LogP contribution in [-0.4, -0.2) is 30.6 Å². The number of non-ortho nitro benzene ring substituents is 1. The Morgan fingerprint density at radius 1 is 1.56 bits per heavy atom. The molecule has 1 saturated heterocycles. The first-order chi connectivity index (χ1) is 8.08. The number of halogens is 2. The first-order valence-electron chi connectivity index (χ1n) is 5.50. The molecule has 5 nitrogen and oxygen atoms in total. The van der Waals surface area contributed by atoms with Crippen LogP contribution in [0.5, 0.6) is 0 Å². The standard InChI is InChI=1S/C11H14ClN3O2.ClH/c1-8-7-14(5-4-13-8)11-3-2-9(15(16)17)6-10(11)12;/h2-3,6,8,13H,4-5,7H2,1H3;1H/p-1. The van der Waals surface area contributed by atoms with Gasteiger partial charge in [0.25, 0.3) is 5.69 Å². The quantitative estimate of drug-likeness (QED) is 0.564. The van der Waals surface area contributed by atoms with E-state index in [4.69, 9.17) is 11.6 Å². The molecule has 0 saturated carbocycles. The number of nitro benzene ring substituents is 1. The van der Waals surface area contributed by atoms with Crippen LogP contribution in [-0.2, 0) is 0 Å². The van der Waals surface area contributed by atoms with Crippen molar-refractivity contribution in [3.05, 3.63) is 33.3 Å². The van der Waals surface area contributed by atoms with Crippen LogP contribution in [0, 0.1) is 10.1 Å². The SMILES string of the molecule is CC1CN(c2ccc([N+](=O)[O-])cc2Cl)CCN1.[Cl-]. The lowest BCUT2D eigenvalue weighted by Gasteiger charge is -2.34. The van der Waals surface area contributed by atoms with Gasteiger partial charge in [-0.3, -0.25) is 10.1 Å². The van der Waals surface area contributed by atoms with Gasteiger partial charge < -0.3 is 22.6 Å². The van der Waals surface area contributed by atoms with Crippen LogP contribution in [0.1, 0.15) is 6.92 Å². The molecule has 0 aliphatic carbocycles. The Balaban J connectivity index is 0.00000162. The highest BCUT2D eigenvalue weighted by Crippen LogP contribution is 2.30. The number of benzene rings is 1. The predicted molar refractivity (Wildman–Crippen MR) is 67.8 cm³/mol. The van der Waals surface area contributed by atoms with Crippen LogP contribution in [0.15, 0.2) is 18.2 Å². The van der Waals surface area contributed by atoms with E-state index >= 15 is 0 Å². The molecular weight excluding hydrogens is 277 g/mol. The fourth-order valence-corrected chi connectivity index (χ4v) is 2.31. The first-order valence-corrected chi connectivity index (χ1v) is 5.88. The van der Waals surface area contributed by atoms with Crippen molar-refractivity contribution in [1.29, 1.82) is 0 Å². The highest BCUT2D eigenvalue weighted by atomic mass is 35.5. The summed E-state index contributed by atoms with van der Waals surface area (Å²) in [4.78, 5) is 12.3. The number of nitrogens with one attached hydrogen (secondary N) is 1. The molecule has 7 heteroatoms. The molecule has 0 amide bonds. The molecule has 0 bridgehead atoms. The van der Waals surface area contributed by atoms with Crippen molar-refractivity contribution < 1.29 is 17.3 Å². The first kappa shape index (κ1) is 15.0. The van der Waals surface area contributed by atoms with Crippen LogP contribution in [0.3, 0.4) is 0 Å². The largest absolute Gasteiger partial charge is 1.00 e. The monoisotopic (exact) mass is 290 g/mol. The predicted octanol–water partition coefficient (Wildman–Crippen LogP) is -0.950. The second kappa shape index (κ2) is 6.22. The molecule has 1 aliphatic rings. The van der Waals surface area contributed by atoms with E-state index in [-0.39, 0.29) is 18.1 Å². The third-order valence-electron chi connectivity index (χ3n) is 2.85. The summed E-state index contributed by atoms with van der Waals surface area (Å²) >= 11 is 6.09. The Morgan fingerprint density at radius 2 is 2.28 bits per heavy atom. The maximum Gasteiger partial charge on any atom is 0.271 e. The van der Waals surface area contributed by atoms with E-state index in [2.05, 4.69) is 17.1 Å². The van der Waals surface area contributed by atoms with Crippen molar-refractivity contribution in [3.8, 4) is 0 Å². The van der Waals surface area contributed by atoms with Gasteiger partial charge in [0.15, 0.2) is 0 Å². The van der Waals surface area contributed by atoms with Crippen LogP contribution in [0.4, 0.5) is 11.4 Å². The molecule has 1 aliphatic heterocycles. The summed E-state index contributed by atoms with van der Waals surface area (Å²) in [5.74, 6) is 0. The van der Waals surface area contributed by atoms with E-state index < -0.39 is 4.92 Å². The number of nitro groups is 1. The zero-order valence-electron chi connectivity index (χ0n) is 9.90. The molecule has 0 radical (unpaired) electrons. The van der Waals surface area contributed by atoms with E-state index in [9.17, 15) is 10.1 Å². The molecule has 1 aromatic carbocycles. The summed E-state index contributed by atoms with van der Waals surface area (Å²) in [6, 6.07) is 5.02. The van der Waals surface area contributed by atoms with Gasteiger partial charge >= 0.3 is 0 Å². The minimum atomic E-state index is -0.434. The molecule has 1 aromatic rings. The summed E-state index contributed by atoms with van der Waals surface area (Å²) in [7, 11) is 0. The molecule has 0 spiro atoms. The van der Waals surface area contributed by atoms with E-state index in [1.165, 1.54) is 12.1 Å². The second-order valence-corrected chi connectivity index (χ2v) is 4.60. The van der Waals surface area contributed by atoms with Gasteiger partial charge in [0, 0.05) is 37.8 Å². The Morgan fingerprint density at radius 3 is 2.83 bits per heavy atom. The van der Waals surface area contributed by atoms with Crippen molar-refractivity contribution in [1.82, 2.24) is 5.32 Å². The molecule has 18 heavy (non-hydrogen) atoms. The lowest BCUT2D eigenvalue weighted by Crippen LogP contribution is -3.00. The smallest absolute Gasteiger partial charge is 0.271 e. The van der Waals surface area contributed by atoms with E-state index in [1.807, 2.05) is 0 Å². The normalized spacial score (nSPS) is 19.2. The number of nitrogens with zero attached hydrogens (tertiary/aromatic N) is 2. The molecule has 0 aromatic heterocycles. The fourth-order valence-electron chi connectivity index (χ4n) is 2.02. The van der Waals surface area contributed by atoms with Gasteiger partial charge in [-0.1, -0.05) is 11.6 Å². The second-order valence-electron chi connectivity index (χ2n) is 4.19. The van der Waals surface area contributed by atoms with E-state index in [1.54, 1.807) is 6.07 Å². The van der Waals surface area contributed by atoms with Gasteiger partial charge in [-0.05, 0) is 13.0 Å². The average molecular weight is 291 g/mol. The molecule has 1 atom stereocenters. The van der Waals surface area contributed by atoms with Gasteiger partial charge in [0.05, 0.1) is 15.6 Å². The van der Waals surface area contributed by atoms with E-state index in [0.717, 1.165) is 25.3 Å². The Kier molecular flexibility index (Phi) is 5.19. The molecule has 1 N–H and O–H groups in total. The minimum absolute atomic E-state index is 0. The minimum Gasteiger partial charge on any atom is -1.00 e. The number of hydrogen-bond donors (Lipinski definition) is 1. The number of anilines is 1. The summed E-state index contributed by atoms with van der Waals surface area (Å²) in [5, 5.41) is 14.4. The van der Waals surface area contributed by atoms with Crippen molar-refractivity contribution in [3.63, 3.8) is 0 Å². The Hall–Kier alpha value is -1.04. The topological polar surface area (TPSA) is 58.4 Å². The molecular formula is C11H14Cl2N3O2-. The highest BCUT2D eigenvalue weighted by molar-refractivity contribution is 6.33. The zero-order valence-corrected chi connectivity index (χ0v) is 11.4. The lowest BCUT2D eigenvalue weighted by atomic mass is 10.2. The molecule has 1 heterocycles. The Labute approximate surface area is 117 Å². The zero-order chi connectivity index (χ0) is 12.4. The summed E-state index contributed by atoms with van der Waals surface area (Å²) in [6.45, 7) is 4.72. The number of hydrogen-bond acceptors (Lipinski definition) is 4. The lowest BCUT2D eigenvalue weighted by molar-refractivity contribution is -0.384. The molecule has 1 fully saturated rings. The highest BCUT2D eigenvalue weighted by Gasteiger charge is 2.19. The van der Waals surface area contributed by atoms with Crippen molar-refractivity contribution in [2.24, 2.45) is 0 Å². The van der Waals surface area contributed by atoms with Gasteiger partial charge in [-0.2, -0.15) is 0 Å². The van der Waals surface area contributed by atoms with Crippen molar-refractivity contribution in [2.45, 2.75) is 13.0 Å². The summed E-state index contributed by atoms with van der Waals surface area (Å²) in [5.41, 5.74) is 0.896. The van der Waals surface area contributed by atoms with Crippen molar-refractivity contribution in [2.75, 3.05) is 24.5 Å². The maximum absolute atomic E-state index is 10.6. The number of piperazine rings is 1. The fraction of sp³-hybridized carbons (Fsp3) is 0.455. The molecule has 100 valence electrons. The van der Waals surface area contributed by atoms with Gasteiger partial charge in [-0.15, -0.1) is 0 Å². The van der Waals surface area contributed by atoms with Crippen LogP contribution >= 0.6 is 11.6 Å². The molecule has 1 unspecified atom stereocenters. The Bertz CT molecular complexity index is 442. The van der Waals surface area contributed by atoms with Crippen LogP contribution < -0.4 is 22.6 Å². The summed E-state index contributed by atoms with van der Waals surface area (Å²) < 4.78 is 0. The third kappa shape index (κ3) is 3.25. The van der Waals surface area contributed by atoms with Crippen LogP contribution in [0.2, 0.25) is 5.02 Å². The molecule has 2 rings (SSSR count). The third-order valence-corrected chi connectivity index (χ3v) is 3.15. The van der Waals surface area contributed by atoms with Crippen LogP contribution in [0.25, 0.3) is 0 Å². The van der Waals surface area contributed by atoms with Gasteiger partial charge in [0.2, 0.25) is 0 Å². The maximum atomic E-state index is 10.6. The summed E-state index contributed by atoms with van der Waals surface area (Å²) in [6.07, 6.45) is 0. The van der Waals surface area contributed by atoms with Gasteiger partial charge in [-0.25, -0.2) is 0 Å². The van der Waals surface area contributed by atoms with Gasteiger partial charge in [0.1, 0.15) is 0 Å². The number of rotatable bonds is 2.